The maximum Gasteiger partial charge on any atom is 0.240 e. The van der Waals surface area contributed by atoms with Crippen LogP contribution in [0.1, 0.15) is 22.0 Å². The molecule has 5 heteroatoms. The number of amides is 1. The fourth-order valence-corrected chi connectivity index (χ4v) is 3.33. The van der Waals surface area contributed by atoms with Gasteiger partial charge in [0, 0.05) is 4.88 Å². The van der Waals surface area contributed by atoms with Crippen molar-refractivity contribution >= 4 is 22.9 Å². The van der Waals surface area contributed by atoms with Gasteiger partial charge in [-0.3, -0.25) is 4.79 Å². The number of aryl methyl sites for hydroxylation is 1. The number of para-hydroxylation sites is 1. The summed E-state index contributed by atoms with van der Waals surface area (Å²) in [4.78, 5) is 13.4. The van der Waals surface area contributed by atoms with Crippen LogP contribution in [-0.4, -0.2) is 12.5 Å². The summed E-state index contributed by atoms with van der Waals surface area (Å²) in [7, 11) is 0. The van der Waals surface area contributed by atoms with Crippen LogP contribution in [0.4, 0.5) is 10.1 Å². The Labute approximate surface area is 150 Å². The average Bonchev–Trinajstić information content (AvgIpc) is 3.14. The summed E-state index contributed by atoms with van der Waals surface area (Å²) in [5.41, 5.74) is 2.51. The number of nitrogens with one attached hydrogen (secondary N) is 2. The molecule has 1 aromatic heterocycles. The van der Waals surface area contributed by atoms with E-state index in [1.807, 2.05) is 48.7 Å². The van der Waals surface area contributed by atoms with Gasteiger partial charge in [-0.15, -0.1) is 11.3 Å². The summed E-state index contributed by atoms with van der Waals surface area (Å²) in [6.07, 6.45) is 0. The smallest absolute Gasteiger partial charge is 0.240 e. The predicted molar refractivity (Wildman–Crippen MR) is 100 cm³/mol. The molecule has 0 spiro atoms. The number of anilines is 1. The minimum Gasteiger partial charge on any atom is -0.374 e. The number of carbonyl (C=O) groups is 1. The van der Waals surface area contributed by atoms with E-state index in [4.69, 9.17) is 0 Å². The number of rotatable bonds is 6. The molecule has 3 rings (SSSR count). The lowest BCUT2D eigenvalue weighted by Gasteiger charge is -2.19. The van der Waals surface area contributed by atoms with Gasteiger partial charge >= 0.3 is 0 Å². The Morgan fingerprint density at radius 3 is 2.52 bits per heavy atom. The number of hydrogen-bond acceptors (Lipinski definition) is 3. The van der Waals surface area contributed by atoms with Crippen LogP contribution >= 0.6 is 11.3 Å². The van der Waals surface area contributed by atoms with Crippen LogP contribution in [0.5, 0.6) is 0 Å². The molecule has 0 saturated carbocycles. The van der Waals surface area contributed by atoms with Crippen molar-refractivity contribution in [2.75, 3.05) is 11.9 Å². The Hall–Kier alpha value is -2.66. The SMILES string of the molecule is Cc1ccc([C@@H](NC(=O)CNc2ccccc2F)c2cccs2)cc1. The standard InChI is InChI=1S/C20H19FN2OS/c1-14-8-10-15(11-9-14)20(18-7-4-12-25-18)23-19(24)13-22-17-6-3-2-5-16(17)21/h2-12,20,22H,13H2,1H3,(H,23,24)/t20-/m1/s1. The molecule has 25 heavy (non-hydrogen) atoms. The van der Waals surface area contributed by atoms with E-state index in [1.54, 1.807) is 29.5 Å². The fourth-order valence-electron chi connectivity index (χ4n) is 2.53. The molecule has 2 aromatic carbocycles. The molecule has 0 saturated heterocycles. The van der Waals surface area contributed by atoms with Crippen molar-refractivity contribution in [3.8, 4) is 0 Å². The van der Waals surface area contributed by atoms with Gasteiger partial charge in [0.15, 0.2) is 0 Å². The molecule has 0 aliphatic carbocycles. The molecule has 1 heterocycles. The highest BCUT2D eigenvalue weighted by atomic mass is 32.1. The Kier molecular flexibility index (Phi) is 5.46. The molecular formula is C20H19FN2OS. The molecule has 0 aliphatic heterocycles. The Morgan fingerprint density at radius 2 is 1.84 bits per heavy atom. The number of thiophene rings is 1. The van der Waals surface area contributed by atoms with Crippen LogP contribution in [0.3, 0.4) is 0 Å². The van der Waals surface area contributed by atoms with Gasteiger partial charge in [0.1, 0.15) is 5.82 Å². The van der Waals surface area contributed by atoms with Crippen molar-refractivity contribution in [2.24, 2.45) is 0 Å². The van der Waals surface area contributed by atoms with Gasteiger partial charge < -0.3 is 10.6 Å². The van der Waals surface area contributed by atoms with E-state index < -0.39 is 0 Å². The van der Waals surface area contributed by atoms with Crippen LogP contribution in [0, 0.1) is 12.7 Å². The van der Waals surface area contributed by atoms with Gasteiger partial charge in [0.25, 0.3) is 0 Å². The highest BCUT2D eigenvalue weighted by Gasteiger charge is 2.17. The molecule has 128 valence electrons. The third-order valence-corrected chi connectivity index (χ3v) is 4.79. The first-order valence-corrected chi connectivity index (χ1v) is 8.89. The van der Waals surface area contributed by atoms with E-state index in [0.29, 0.717) is 5.69 Å². The van der Waals surface area contributed by atoms with E-state index in [0.717, 1.165) is 10.4 Å². The molecule has 3 aromatic rings. The minimum atomic E-state index is -0.372. The lowest BCUT2D eigenvalue weighted by atomic mass is 10.0. The van der Waals surface area contributed by atoms with E-state index in [-0.39, 0.29) is 24.3 Å². The Bertz CT molecular complexity index is 831. The number of hydrogen-bond donors (Lipinski definition) is 2. The second kappa shape index (κ2) is 7.94. The van der Waals surface area contributed by atoms with Crippen LogP contribution in [0.15, 0.2) is 66.0 Å². The molecule has 0 unspecified atom stereocenters. The second-order valence-electron chi connectivity index (χ2n) is 5.76. The summed E-state index contributed by atoms with van der Waals surface area (Å²) in [6.45, 7) is 2.04. The number of benzene rings is 2. The molecule has 3 nitrogen and oxygen atoms in total. The van der Waals surface area contributed by atoms with Gasteiger partial charge in [-0.1, -0.05) is 48.0 Å². The lowest BCUT2D eigenvalue weighted by molar-refractivity contribution is -0.119. The van der Waals surface area contributed by atoms with E-state index in [9.17, 15) is 9.18 Å². The summed E-state index contributed by atoms with van der Waals surface area (Å²) >= 11 is 1.59. The molecule has 0 bridgehead atoms. The van der Waals surface area contributed by atoms with Gasteiger partial charge in [0.2, 0.25) is 5.91 Å². The first-order chi connectivity index (χ1) is 12.1. The molecule has 1 amide bonds. The van der Waals surface area contributed by atoms with Gasteiger partial charge in [-0.25, -0.2) is 4.39 Å². The average molecular weight is 354 g/mol. The van der Waals surface area contributed by atoms with Crippen molar-refractivity contribution in [3.05, 3.63) is 87.9 Å². The van der Waals surface area contributed by atoms with Crippen molar-refractivity contribution in [1.29, 1.82) is 0 Å². The monoisotopic (exact) mass is 354 g/mol. The normalized spacial score (nSPS) is 11.8. The molecular weight excluding hydrogens is 335 g/mol. The molecule has 0 radical (unpaired) electrons. The zero-order chi connectivity index (χ0) is 17.6. The molecule has 0 aliphatic rings. The topological polar surface area (TPSA) is 41.1 Å². The van der Waals surface area contributed by atoms with Crippen LogP contribution in [-0.2, 0) is 4.79 Å². The summed E-state index contributed by atoms with van der Waals surface area (Å²) < 4.78 is 13.6. The maximum atomic E-state index is 13.6. The van der Waals surface area contributed by atoms with Crippen molar-refractivity contribution < 1.29 is 9.18 Å². The van der Waals surface area contributed by atoms with Gasteiger partial charge in [-0.2, -0.15) is 0 Å². The third-order valence-electron chi connectivity index (χ3n) is 3.86. The van der Waals surface area contributed by atoms with E-state index in [1.165, 1.54) is 11.6 Å². The summed E-state index contributed by atoms with van der Waals surface area (Å²) in [6, 6.07) is 18.2. The van der Waals surface area contributed by atoms with Crippen molar-refractivity contribution in [2.45, 2.75) is 13.0 Å². The van der Waals surface area contributed by atoms with Crippen molar-refractivity contribution in [3.63, 3.8) is 0 Å². The van der Waals surface area contributed by atoms with Gasteiger partial charge in [0.05, 0.1) is 18.3 Å². The molecule has 0 fully saturated rings. The highest BCUT2D eigenvalue weighted by Crippen LogP contribution is 2.26. The number of halogens is 1. The van der Waals surface area contributed by atoms with E-state index in [2.05, 4.69) is 10.6 Å². The fraction of sp³-hybridized carbons (Fsp3) is 0.150. The van der Waals surface area contributed by atoms with Crippen LogP contribution in [0.2, 0.25) is 0 Å². The van der Waals surface area contributed by atoms with Crippen LogP contribution in [0.25, 0.3) is 0 Å². The Morgan fingerprint density at radius 1 is 1.08 bits per heavy atom. The summed E-state index contributed by atoms with van der Waals surface area (Å²) in [5, 5.41) is 7.86. The zero-order valence-corrected chi connectivity index (χ0v) is 14.6. The first kappa shape index (κ1) is 17.2. The third kappa shape index (κ3) is 4.45. The largest absolute Gasteiger partial charge is 0.374 e. The Balaban J connectivity index is 1.71. The summed E-state index contributed by atoms with van der Waals surface area (Å²) in [5.74, 6) is -0.564. The van der Waals surface area contributed by atoms with Gasteiger partial charge in [-0.05, 0) is 36.1 Å². The zero-order valence-electron chi connectivity index (χ0n) is 13.8. The van der Waals surface area contributed by atoms with Crippen molar-refractivity contribution in [1.82, 2.24) is 5.32 Å². The minimum absolute atomic E-state index is 0.00860. The first-order valence-electron chi connectivity index (χ1n) is 8.01. The maximum absolute atomic E-state index is 13.6. The highest BCUT2D eigenvalue weighted by molar-refractivity contribution is 7.10. The predicted octanol–water partition coefficient (Wildman–Crippen LogP) is 4.51. The van der Waals surface area contributed by atoms with Crippen LogP contribution < -0.4 is 10.6 Å². The molecule has 2 N–H and O–H groups in total. The van der Waals surface area contributed by atoms with E-state index >= 15 is 0 Å². The molecule has 1 atom stereocenters. The quantitative estimate of drug-likeness (QED) is 0.684. The second-order valence-corrected chi connectivity index (χ2v) is 6.74. The number of carbonyl (C=O) groups excluding carboxylic acids is 1. The lowest BCUT2D eigenvalue weighted by Crippen LogP contribution is -2.33.